The standard InChI is InChI=1S/C17H17N3O4/c21-16(20-13-5-4-12(8-13)17(22)23)11-2-1-3-14(9-11)24-15-10-18-6-7-19-15/h1-3,6-7,9-10,12-13H,4-5,8H2,(H,20,21)(H,22,23)/t12-,13+/m0/s1. The van der Waals surface area contributed by atoms with E-state index in [1.54, 1.807) is 30.5 Å². The topological polar surface area (TPSA) is 101 Å². The summed E-state index contributed by atoms with van der Waals surface area (Å²) in [5.41, 5.74) is 0.454. The van der Waals surface area contributed by atoms with E-state index in [0.29, 0.717) is 36.5 Å². The number of nitrogens with zero attached hydrogens (tertiary/aromatic N) is 2. The van der Waals surface area contributed by atoms with Crippen LogP contribution in [0.15, 0.2) is 42.9 Å². The maximum absolute atomic E-state index is 12.3. The Morgan fingerprint density at radius 3 is 2.83 bits per heavy atom. The van der Waals surface area contributed by atoms with Crippen molar-refractivity contribution in [2.24, 2.45) is 5.92 Å². The number of hydrogen-bond donors (Lipinski definition) is 2. The first kappa shape index (κ1) is 15.9. The summed E-state index contributed by atoms with van der Waals surface area (Å²) in [7, 11) is 0. The lowest BCUT2D eigenvalue weighted by Crippen LogP contribution is -2.33. The SMILES string of the molecule is O=C(N[C@@H]1CC[C@H](C(=O)O)C1)c1cccc(Oc2cnccn2)c1. The van der Waals surface area contributed by atoms with Gasteiger partial charge in [0, 0.05) is 24.0 Å². The van der Waals surface area contributed by atoms with Crippen LogP contribution in [0.25, 0.3) is 0 Å². The lowest BCUT2D eigenvalue weighted by molar-refractivity contribution is -0.141. The first-order valence-corrected chi connectivity index (χ1v) is 7.69. The molecular formula is C17H17N3O4. The van der Waals surface area contributed by atoms with Gasteiger partial charge in [-0.2, -0.15) is 0 Å². The van der Waals surface area contributed by atoms with E-state index in [1.165, 1.54) is 12.4 Å². The second-order valence-corrected chi connectivity index (χ2v) is 5.69. The van der Waals surface area contributed by atoms with E-state index in [-0.39, 0.29) is 17.9 Å². The summed E-state index contributed by atoms with van der Waals surface area (Å²) in [4.78, 5) is 31.2. The zero-order valence-corrected chi connectivity index (χ0v) is 12.9. The Morgan fingerprint density at radius 2 is 2.12 bits per heavy atom. The average molecular weight is 327 g/mol. The molecule has 3 rings (SSSR count). The van der Waals surface area contributed by atoms with Crippen molar-refractivity contribution >= 4 is 11.9 Å². The van der Waals surface area contributed by atoms with Crippen molar-refractivity contribution in [3.8, 4) is 11.6 Å². The first-order valence-electron chi connectivity index (χ1n) is 7.69. The van der Waals surface area contributed by atoms with E-state index < -0.39 is 5.97 Å². The van der Waals surface area contributed by atoms with Gasteiger partial charge in [-0.1, -0.05) is 6.07 Å². The third kappa shape index (κ3) is 3.87. The molecule has 0 radical (unpaired) electrons. The van der Waals surface area contributed by atoms with Gasteiger partial charge >= 0.3 is 5.97 Å². The molecule has 24 heavy (non-hydrogen) atoms. The van der Waals surface area contributed by atoms with E-state index >= 15 is 0 Å². The highest BCUT2D eigenvalue weighted by atomic mass is 16.5. The molecule has 0 unspecified atom stereocenters. The lowest BCUT2D eigenvalue weighted by atomic mass is 10.1. The van der Waals surface area contributed by atoms with Crippen molar-refractivity contribution in [2.75, 3.05) is 0 Å². The summed E-state index contributed by atoms with van der Waals surface area (Å²) in [5, 5.41) is 11.9. The van der Waals surface area contributed by atoms with Gasteiger partial charge in [-0.05, 0) is 37.5 Å². The number of benzene rings is 1. The second-order valence-electron chi connectivity index (χ2n) is 5.69. The summed E-state index contributed by atoms with van der Waals surface area (Å²) in [6, 6.07) is 6.63. The molecule has 0 aliphatic heterocycles. The monoisotopic (exact) mass is 327 g/mol. The number of nitrogens with one attached hydrogen (secondary N) is 1. The number of carbonyl (C=O) groups excluding carboxylic acids is 1. The minimum atomic E-state index is -0.800. The third-order valence-electron chi connectivity index (χ3n) is 3.98. The maximum Gasteiger partial charge on any atom is 0.306 e. The Balaban J connectivity index is 1.63. The van der Waals surface area contributed by atoms with Crippen LogP contribution in [0.4, 0.5) is 0 Å². The van der Waals surface area contributed by atoms with Crippen LogP contribution in [0, 0.1) is 5.92 Å². The lowest BCUT2D eigenvalue weighted by Gasteiger charge is -2.13. The molecule has 1 fully saturated rings. The van der Waals surface area contributed by atoms with Crippen LogP contribution < -0.4 is 10.1 Å². The number of carboxylic acid groups (broad SMARTS) is 1. The Bertz CT molecular complexity index is 736. The fraction of sp³-hybridized carbons (Fsp3) is 0.294. The number of carbonyl (C=O) groups is 2. The van der Waals surface area contributed by atoms with Gasteiger partial charge in [0.1, 0.15) is 5.75 Å². The Labute approximate surface area is 138 Å². The van der Waals surface area contributed by atoms with Gasteiger partial charge in [0.2, 0.25) is 5.88 Å². The van der Waals surface area contributed by atoms with Gasteiger partial charge in [0.25, 0.3) is 5.91 Å². The van der Waals surface area contributed by atoms with Crippen molar-refractivity contribution < 1.29 is 19.4 Å². The highest BCUT2D eigenvalue weighted by Gasteiger charge is 2.30. The number of aromatic nitrogens is 2. The molecular weight excluding hydrogens is 310 g/mol. The highest BCUT2D eigenvalue weighted by Crippen LogP contribution is 2.26. The summed E-state index contributed by atoms with van der Waals surface area (Å²) in [6.07, 6.45) is 6.29. The van der Waals surface area contributed by atoms with E-state index in [9.17, 15) is 9.59 Å². The number of hydrogen-bond acceptors (Lipinski definition) is 5. The Kier molecular flexibility index (Phi) is 4.69. The molecule has 0 bridgehead atoms. The van der Waals surface area contributed by atoms with Crippen LogP contribution in [0.1, 0.15) is 29.6 Å². The molecule has 7 nitrogen and oxygen atoms in total. The van der Waals surface area contributed by atoms with Gasteiger partial charge in [-0.15, -0.1) is 0 Å². The van der Waals surface area contributed by atoms with Crippen molar-refractivity contribution in [2.45, 2.75) is 25.3 Å². The van der Waals surface area contributed by atoms with Gasteiger partial charge < -0.3 is 15.2 Å². The Morgan fingerprint density at radius 1 is 1.25 bits per heavy atom. The van der Waals surface area contributed by atoms with E-state index in [1.807, 2.05) is 0 Å². The van der Waals surface area contributed by atoms with Crippen LogP contribution in [0.2, 0.25) is 0 Å². The first-order chi connectivity index (χ1) is 11.6. The normalized spacial score (nSPS) is 19.7. The molecule has 2 aromatic rings. The number of aliphatic carboxylic acids is 1. The zero-order valence-electron chi connectivity index (χ0n) is 12.9. The van der Waals surface area contributed by atoms with Crippen LogP contribution >= 0.6 is 0 Å². The molecule has 2 atom stereocenters. The number of ether oxygens (including phenoxy) is 1. The molecule has 2 N–H and O–H groups in total. The minimum Gasteiger partial charge on any atom is -0.481 e. The predicted molar refractivity (Wildman–Crippen MR) is 84.8 cm³/mol. The van der Waals surface area contributed by atoms with Gasteiger partial charge in [-0.3, -0.25) is 14.6 Å². The van der Waals surface area contributed by atoms with Crippen LogP contribution in [0.5, 0.6) is 11.6 Å². The largest absolute Gasteiger partial charge is 0.481 e. The Hall–Kier alpha value is -2.96. The van der Waals surface area contributed by atoms with Crippen LogP contribution in [-0.4, -0.2) is 33.0 Å². The van der Waals surface area contributed by atoms with Crippen LogP contribution in [-0.2, 0) is 4.79 Å². The van der Waals surface area contributed by atoms with Gasteiger partial charge in [0.05, 0.1) is 12.1 Å². The van der Waals surface area contributed by atoms with Gasteiger partial charge in [0.15, 0.2) is 0 Å². The molecule has 1 aromatic heterocycles. The molecule has 1 aliphatic carbocycles. The highest BCUT2D eigenvalue weighted by molar-refractivity contribution is 5.94. The summed E-state index contributed by atoms with van der Waals surface area (Å²) < 4.78 is 5.56. The van der Waals surface area contributed by atoms with Gasteiger partial charge in [-0.25, -0.2) is 4.98 Å². The van der Waals surface area contributed by atoms with Crippen LogP contribution in [0.3, 0.4) is 0 Å². The minimum absolute atomic E-state index is 0.108. The molecule has 0 spiro atoms. The molecule has 0 saturated heterocycles. The summed E-state index contributed by atoms with van der Waals surface area (Å²) in [5.74, 6) is -0.587. The van der Waals surface area contributed by atoms with Crippen molar-refractivity contribution in [3.63, 3.8) is 0 Å². The molecule has 1 saturated carbocycles. The molecule has 1 aliphatic rings. The molecule has 1 heterocycles. The third-order valence-corrected chi connectivity index (χ3v) is 3.98. The van der Waals surface area contributed by atoms with E-state index in [2.05, 4.69) is 15.3 Å². The molecule has 124 valence electrons. The van der Waals surface area contributed by atoms with Crippen molar-refractivity contribution in [3.05, 3.63) is 48.4 Å². The van der Waals surface area contributed by atoms with Crippen molar-refractivity contribution in [1.82, 2.24) is 15.3 Å². The smallest absolute Gasteiger partial charge is 0.306 e. The zero-order chi connectivity index (χ0) is 16.9. The average Bonchev–Trinajstić information content (AvgIpc) is 3.05. The molecule has 7 heteroatoms. The molecule has 1 aromatic carbocycles. The maximum atomic E-state index is 12.3. The summed E-state index contributed by atoms with van der Waals surface area (Å²) in [6.45, 7) is 0. The fourth-order valence-electron chi connectivity index (χ4n) is 2.77. The number of carboxylic acids is 1. The number of rotatable bonds is 5. The fourth-order valence-corrected chi connectivity index (χ4v) is 2.77. The predicted octanol–water partition coefficient (Wildman–Crippen LogP) is 2.25. The molecule has 1 amide bonds. The quantitative estimate of drug-likeness (QED) is 0.873. The van der Waals surface area contributed by atoms with E-state index in [4.69, 9.17) is 9.84 Å². The number of amides is 1. The second kappa shape index (κ2) is 7.08. The van der Waals surface area contributed by atoms with E-state index in [0.717, 1.165) is 0 Å². The summed E-state index contributed by atoms with van der Waals surface area (Å²) >= 11 is 0. The van der Waals surface area contributed by atoms with Crippen molar-refractivity contribution in [1.29, 1.82) is 0 Å².